The maximum atomic E-state index is 12.8. The predicted octanol–water partition coefficient (Wildman–Crippen LogP) is 2.28. The van der Waals surface area contributed by atoms with E-state index in [2.05, 4.69) is 5.32 Å². The highest BCUT2D eigenvalue weighted by atomic mass is 19.1. The average Bonchev–Trinajstić information content (AvgIpc) is 2.46. The second kappa shape index (κ2) is 7.04. The van der Waals surface area contributed by atoms with E-state index in [1.165, 1.54) is 0 Å². The first-order valence-electron chi connectivity index (χ1n) is 7.66. The highest BCUT2D eigenvalue weighted by Gasteiger charge is 2.49. The van der Waals surface area contributed by atoms with Crippen LogP contribution in [0.25, 0.3) is 0 Å². The van der Waals surface area contributed by atoms with Gasteiger partial charge in [0.15, 0.2) is 0 Å². The number of carbonyl (C=O) groups excluding carboxylic acids is 2. The number of nitrogens with one attached hydrogen (secondary N) is 1. The Hall–Kier alpha value is -1.13. The number of piperazine rings is 1. The Morgan fingerprint density at radius 2 is 1.90 bits per heavy atom. The van der Waals surface area contributed by atoms with Gasteiger partial charge in [0.1, 0.15) is 11.6 Å². The van der Waals surface area contributed by atoms with Gasteiger partial charge in [-0.25, -0.2) is 0 Å². The van der Waals surface area contributed by atoms with Crippen molar-refractivity contribution in [1.82, 2.24) is 10.2 Å². The first kappa shape index (κ1) is 16.9. The lowest BCUT2D eigenvalue weighted by Gasteiger charge is -2.47. The molecule has 0 saturated carbocycles. The van der Waals surface area contributed by atoms with E-state index in [9.17, 15) is 14.0 Å². The number of nitrogens with zero attached hydrogens (tertiary/aromatic N) is 1. The SMILES string of the molecule is CCC(C)C1C(=O)NC(CC)(CC)C(=O)N1CCCF. The molecule has 20 heavy (non-hydrogen) atoms. The molecule has 1 N–H and O–H groups in total. The van der Waals surface area contributed by atoms with E-state index in [1.807, 2.05) is 27.7 Å². The third-order valence-electron chi connectivity index (χ3n) is 4.56. The van der Waals surface area contributed by atoms with Gasteiger partial charge in [0.25, 0.3) is 0 Å². The minimum absolute atomic E-state index is 0.0548. The van der Waals surface area contributed by atoms with Crippen molar-refractivity contribution < 1.29 is 14.0 Å². The van der Waals surface area contributed by atoms with Crippen LogP contribution < -0.4 is 5.32 Å². The van der Waals surface area contributed by atoms with Crippen LogP contribution in [0, 0.1) is 5.92 Å². The van der Waals surface area contributed by atoms with Gasteiger partial charge >= 0.3 is 0 Å². The highest BCUT2D eigenvalue weighted by molar-refractivity contribution is 5.99. The van der Waals surface area contributed by atoms with E-state index in [0.717, 1.165) is 6.42 Å². The third-order valence-corrected chi connectivity index (χ3v) is 4.56. The van der Waals surface area contributed by atoms with Crippen molar-refractivity contribution in [2.75, 3.05) is 13.2 Å². The molecule has 1 rings (SSSR count). The molecule has 2 amide bonds. The number of rotatable bonds is 7. The largest absolute Gasteiger partial charge is 0.340 e. The van der Waals surface area contributed by atoms with Gasteiger partial charge in [-0.05, 0) is 25.2 Å². The maximum absolute atomic E-state index is 12.8. The molecule has 0 aromatic rings. The molecule has 0 spiro atoms. The van der Waals surface area contributed by atoms with Crippen molar-refractivity contribution in [3.05, 3.63) is 0 Å². The lowest BCUT2D eigenvalue weighted by atomic mass is 9.84. The van der Waals surface area contributed by atoms with Crippen LogP contribution in [-0.4, -0.2) is 41.5 Å². The van der Waals surface area contributed by atoms with Crippen molar-refractivity contribution in [3.8, 4) is 0 Å². The van der Waals surface area contributed by atoms with Gasteiger partial charge in [0.05, 0.1) is 6.67 Å². The fourth-order valence-electron chi connectivity index (χ4n) is 2.89. The van der Waals surface area contributed by atoms with Gasteiger partial charge in [0.2, 0.25) is 11.8 Å². The lowest BCUT2D eigenvalue weighted by molar-refractivity contribution is -0.157. The molecule has 1 saturated heterocycles. The van der Waals surface area contributed by atoms with Crippen molar-refractivity contribution in [2.45, 2.75) is 65.0 Å². The summed E-state index contributed by atoms with van der Waals surface area (Å²) >= 11 is 0. The summed E-state index contributed by atoms with van der Waals surface area (Å²) in [6.45, 7) is 7.61. The summed E-state index contributed by atoms with van der Waals surface area (Å²) in [7, 11) is 0. The van der Waals surface area contributed by atoms with Crippen molar-refractivity contribution in [3.63, 3.8) is 0 Å². The zero-order valence-corrected chi connectivity index (χ0v) is 13.0. The molecule has 1 heterocycles. The first-order chi connectivity index (χ1) is 9.47. The minimum Gasteiger partial charge on any atom is -0.340 e. The highest BCUT2D eigenvalue weighted by Crippen LogP contribution is 2.29. The molecule has 1 aliphatic heterocycles. The summed E-state index contributed by atoms with van der Waals surface area (Å²) < 4.78 is 12.5. The molecule has 0 aliphatic carbocycles. The average molecular weight is 286 g/mol. The third kappa shape index (κ3) is 2.96. The monoisotopic (exact) mass is 286 g/mol. The molecule has 2 unspecified atom stereocenters. The number of alkyl halides is 1. The van der Waals surface area contributed by atoms with E-state index in [-0.39, 0.29) is 24.2 Å². The molecule has 0 aromatic carbocycles. The Labute approximate surface area is 121 Å². The van der Waals surface area contributed by atoms with E-state index < -0.39 is 18.3 Å². The molecule has 1 fully saturated rings. The molecular weight excluding hydrogens is 259 g/mol. The van der Waals surface area contributed by atoms with Crippen LogP contribution in [0.1, 0.15) is 53.4 Å². The summed E-state index contributed by atoms with van der Waals surface area (Å²) in [5.41, 5.74) is -0.808. The Bertz CT molecular complexity index is 356. The smallest absolute Gasteiger partial charge is 0.248 e. The van der Waals surface area contributed by atoms with Crippen molar-refractivity contribution >= 4 is 11.8 Å². The van der Waals surface area contributed by atoms with Crippen LogP contribution in [-0.2, 0) is 9.59 Å². The predicted molar refractivity (Wildman–Crippen MR) is 77.0 cm³/mol. The summed E-state index contributed by atoms with van der Waals surface area (Å²) in [6, 6.07) is -0.467. The molecule has 0 bridgehead atoms. The Morgan fingerprint density at radius 3 is 2.35 bits per heavy atom. The maximum Gasteiger partial charge on any atom is 0.248 e. The molecule has 2 atom stereocenters. The number of amides is 2. The zero-order valence-electron chi connectivity index (χ0n) is 13.0. The molecule has 4 nitrogen and oxygen atoms in total. The van der Waals surface area contributed by atoms with Crippen molar-refractivity contribution in [1.29, 1.82) is 0 Å². The molecule has 1 aliphatic rings. The summed E-state index contributed by atoms with van der Waals surface area (Å²) in [4.78, 5) is 26.8. The normalized spacial score (nSPS) is 23.6. The molecule has 116 valence electrons. The fraction of sp³-hybridized carbons (Fsp3) is 0.867. The topological polar surface area (TPSA) is 49.4 Å². The van der Waals surface area contributed by atoms with Crippen LogP contribution in [0.15, 0.2) is 0 Å². The summed E-state index contributed by atoms with van der Waals surface area (Å²) in [5, 5.41) is 2.93. The number of halogens is 1. The second-order valence-electron chi connectivity index (χ2n) is 5.65. The van der Waals surface area contributed by atoms with Gasteiger partial charge in [-0.1, -0.05) is 34.1 Å². The van der Waals surface area contributed by atoms with Gasteiger partial charge in [-0.15, -0.1) is 0 Å². The molecule has 0 radical (unpaired) electrons. The Kier molecular flexibility index (Phi) is 5.96. The van der Waals surface area contributed by atoms with Crippen molar-refractivity contribution in [2.24, 2.45) is 5.92 Å². The summed E-state index contributed by atoms with van der Waals surface area (Å²) in [6.07, 6.45) is 2.22. The van der Waals surface area contributed by atoms with E-state index in [0.29, 0.717) is 19.4 Å². The quantitative estimate of drug-likeness (QED) is 0.780. The molecule has 5 heteroatoms. The second-order valence-corrected chi connectivity index (χ2v) is 5.65. The van der Waals surface area contributed by atoms with Gasteiger partial charge in [-0.3, -0.25) is 14.0 Å². The first-order valence-corrected chi connectivity index (χ1v) is 7.66. The number of hydrogen-bond donors (Lipinski definition) is 1. The van der Waals surface area contributed by atoms with Crippen LogP contribution in [0.5, 0.6) is 0 Å². The van der Waals surface area contributed by atoms with Crippen LogP contribution in [0.2, 0.25) is 0 Å². The zero-order chi connectivity index (χ0) is 15.3. The van der Waals surface area contributed by atoms with Crippen LogP contribution in [0.3, 0.4) is 0 Å². The Balaban J connectivity index is 3.10. The van der Waals surface area contributed by atoms with Gasteiger partial charge in [-0.2, -0.15) is 0 Å². The molecule has 0 aromatic heterocycles. The lowest BCUT2D eigenvalue weighted by Crippen LogP contribution is -2.71. The molecular formula is C15H27FN2O2. The van der Waals surface area contributed by atoms with Gasteiger partial charge < -0.3 is 10.2 Å². The minimum atomic E-state index is -0.808. The number of carbonyl (C=O) groups is 2. The number of hydrogen-bond acceptors (Lipinski definition) is 2. The van der Waals surface area contributed by atoms with Crippen LogP contribution in [0.4, 0.5) is 4.39 Å². The van der Waals surface area contributed by atoms with Gasteiger partial charge in [0, 0.05) is 6.54 Å². The van der Waals surface area contributed by atoms with Crippen LogP contribution >= 0.6 is 0 Å². The fourth-order valence-corrected chi connectivity index (χ4v) is 2.89. The van der Waals surface area contributed by atoms with E-state index in [4.69, 9.17) is 0 Å². The summed E-state index contributed by atoms with van der Waals surface area (Å²) in [5.74, 6) is -0.0763. The standard InChI is InChI=1S/C15H27FN2O2/c1-5-11(4)12-13(19)17-15(6-2,7-3)14(20)18(12)10-8-9-16/h11-12H,5-10H2,1-4H3,(H,17,19). The van der Waals surface area contributed by atoms with E-state index >= 15 is 0 Å². The Morgan fingerprint density at radius 1 is 1.30 bits per heavy atom. The van der Waals surface area contributed by atoms with E-state index in [1.54, 1.807) is 4.90 Å².